The zero-order chi connectivity index (χ0) is 15.4. The fraction of sp³-hybridized carbons (Fsp3) is 0.667. The van der Waals surface area contributed by atoms with Gasteiger partial charge in [-0.2, -0.15) is 0 Å². The fourth-order valence-corrected chi connectivity index (χ4v) is 2.33. The van der Waals surface area contributed by atoms with Crippen LogP contribution in [-0.2, 0) is 10.8 Å². The molecule has 0 saturated carbocycles. The molecular formula is C18H29O2. The summed E-state index contributed by atoms with van der Waals surface area (Å²) < 4.78 is 5.97. The van der Waals surface area contributed by atoms with E-state index in [2.05, 4.69) is 47.6 Å². The Labute approximate surface area is 124 Å². The first-order chi connectivity index (χ1) is 9.18. The summed E-state index contributed by atoms with van der Waals surface area (Å²) >= 11 is 0. The van der Waals surface area contributed by atoms with E-state index in [1.54, 1.807) is 0 Å². The van der Waals surface area contributed by atoms with Crippen LogP contribution in [0.15, 0.2) is 12.1 Å². The van der Waals surface area contributed by atoms with Gasteiger partial charge in [-0.15, -0.1) is 0 Å². The van der Waals surface area contributed by atoms with Crippen molar-refractivity contribution in [1.29, 1.82) is 0 Å². The van der Waals surface area contributed by atoms with Crippen LogP contribution in [0.25, 0.3) is 0 Å². The van der Waals surface area contributed by atoms with Crippen molar-refractivity contribution in [3.8, 4) is 5.75 Å². The lowest BCUT2D eigenvalue weighted by Crippen LogP contribution is -2.23. The molecule has 1 rings (SSSR count). The monoisotopic (exact) mass is 277 g/mol. The lowest BCUT2D eigenvalue weighted by atomic mass is 9.75. The topological polar surface area (TPSA) is 29.5 Å². The number of unbranched alkanes of at least 4 members (excludes halogenated alkanes) is 1. The second-order valence-corrected chi connectivity index (χ2v) is 7.37. The fourth-order valence-electron chi connectivity index (χ4n) is 2.33. The van der Waals surface area contributed by atoms with Gasteiger partial charge in [-0.1, -0.05) is 47.6 Å². The van der Waals surface area contributed by atoms with Crippen LogP contribution < -0.4 is 4.74 Å². The van der Waals surface area contributed by atoms with Gasteiger partial charge >= 0.3 is 0 Å². The molecular weight excluding hydrogens is 248 g/mol. The Kier molecular flexibility index (Phi) is 5.64. The van der Waals surface area contributed by atoms with Gasteiger partial charge in [-0.25, -0.2) is 0 Å². The zero-order valence-corrected chi connectivity index (χ0v) is 13.8. The maximum Gasteiger partial charge on any atom is 0.123 e. The Morgan fingerprint density at radius 2 is 1.70 bits per heavy atom. The zero-order valence-electron chi connectivity index (χ0n) is 13.8. The molecule has 0 aliphatic rings. The Balaban J connectivity index is 3.11. The van der Waals surface area contributed by atoms with Crippen molar-refractivity contribution < 1.29 is 9.84 Å². The normalized spacial score (nSPS) is 12.6. The molecule has 0 aromatic heterocycles. The van der Waals surface area contributed by atoms with Gasteiger partial charge in [0.25, 0.3) is 0 Å². The molecule has 2 heteroatoms. The molecule has 0 bridgehead atoms. The number of hydrogen-bond donors (Lipinski definition) is 1. The van der Waals surface area contributed by atoms with Gasteiger partial charge in [0.1, 0.15) is 5.75 Å². The van der Waals surface area contributed by atoms with Crippen LogP contribution in [0.2, 0.25) is 0 Å². The van der Waals surface area contributed by atoms with E-state index in [4.69, 9.17) is 9.84 Å². The number of benzene rings is 1. The Morgan fingerprint density at radius 1 is 1.05 bits per heavy atom. The molecule has 0 saturated heterocycles. The van der Waals surface area contributed by atoms with E-state index in [0.29, 0.717) is 6.61 Å². The number of hydrogen-bond acceptors (Lipinski definition) is 2. The molecule has 0 fully saturated rings. The molecule has 0 heterocycles. The minimum Gasteiger partial charge on any atom is -0.493 e. The SMILES string of the molecule is CC(C)(C)c1[c]ccc(OCCCCO)c1C(C)(C)C. The molecule has 1 aromatic rings. The van der Waals surface area contributed by atoms with Gasteiger partial charge < -0.3 is 9.84 Å². The van der Waals surface area contributed by atoms with Crippen LogP contribution in [0.3, 0.4) is 0 Å². The highest BCUT2D eigenvalue weighted by Gasteiger charge is 2.28. The van der Waals surface area contributed by atoms with Crippen LogP contribution in [0.1, 0.15) is 65.5 Å². The molecule has 20 heavy (non-hydrogen) atoms. The van der Waals surface area contributed by atoms with E-state index in [9.17, 15) is 0 Å². The summed E-state index contributed by atoms with van der Waals surface area (Å²) in [5.41, 5.74) is 2.54. The van der Waals surface area contributed by atoms with E-state index in [1.165, 1.54) is 11.1 Å². The smallest absolute Gasteiger partial charge is 0.123 e. The first-order valence-electron chi connectivity index (χ1n) is 7.47. The average molecular weight is 277 g/mol. The van der Waals surface area contributed by atoms with Crippen molar-refractivity contribution in [3.05, 3.63) is 29.3 Å². The van der Waals surface area contributed by atoms with E-state index in [-0.39, 0.29) is 17.4 Å². The first-order valence-corrected chi connectivity index (χ1v) is 7.47. The minimum atomic E-state index is 0.0205. The van der Waals surface area contributed by atoms with Gasteiger partial charge in [0.05, 0.1) is 6.61 Å². The summed E-state index contributed by atoms with van der Waals surface area (Å²) in [5, 5.41) is 8.84. The lowest BCUT2D eigenvalue weighted by Gasteiger charge is -2.31. The maximum atomic E-state index is 8.84. The molecule has 0 unspecified atom stereocenters. The standard InChI is InChI=1S/C18H29O2/c1-17(2,3)14-10-9-11-15(16(14)18(4,5)6)20-13-8-7-12-19/h9,11,19H,7-8,12-13H2,1-6H3. The summed E-state index contributed by atoms with van der Waals surface area (Å²) in [6, 6.07) is 7.37. The van der Waals surface area contributed by atoms with E-state index < -0.39 is 0 Å². The van der Waals surface area contributed by atoms with Crippen LogP contribution in [0.5, 0.6) is 5.75 Å². The van der Waals surface area contributed by atoms with Crippen LogP contribution >= 0.6 is 0 Å². The largest absolute Gasteiger partial charge is 0.493 e. The highest BCUT2D eigenvalue weighted by molar-refractivity contribution is 5.47. The summed E-state index contributed by atoms with van der Waals surface area (Å²) in [4.78, 5) is 0. The third-order valence-corrected chi connectivity index (χ3v) is 3.27. The van der Waals surface area contributed by atoms with Crippen molar-refractivity contribution in [2.75, 3.05) is 13.2 Å². The third kappa shape index (κ3) is 4.52. The summed E-state index contributed by atoms with van der Waals surface area (Å²) in [6.07, 6.45) is 1.67. The predicted octanol–water partition coefficient (Wildman–Crippen LogP) is 4.23. The molecule has 0 aliphatic carbocycles. The first kappa shape index (κ1) is 17.0. The number of aliphatic hydroxyl groups is 1. The second kappa shape index (κ2) is 6.62. The highest BCUT2D eigenvalue weighted by atomic mass is 16.5. The number of aliphatic hydroxyl groups excluding tert-OH is 1. The molecule has 1 radical (unpaired) electrons. The molecule has 2 nitrogen and oxygen atoms in total. The quantitative estimate of drug-likeness (QED) is 0.816. The van der Waals surface area contributed by atoms with Gasteiger partial charge in [0, 0.05) is 12.2 Å². The minimum absolute atomic E-state index is 0.0205. The van der Waals surface area contributed by atoms with Crippen LogP contribution in [0.4, 0.5) is 0 Å². The number of ether oxygens (including phenoxy) is 1. The van der Waals surface area contributed by atoms with Crippen molar-refractivity contribution in [1.82, 2.24) is 0 Å². The Hall–Kier alpha value is -1.02. The molecule has 1 aromatic carbocycles. The van der Waals surface area contributed by atoms with Crippen molar-refractivity contribution in [2.24, 2.45) is 0 Å². The third-order valence-electron chi connectivity index (χ3n) is 3.27. The molecule has 0 amide bonds. The van der Waals surface area contributed by atoms with Crippen LogP contribution in [-0.4, -0.2) is 18.3 Å². The summed E-state index contributed by atoms with van der Waals surface area (Å²) in [7, 11) is 0. The van der Waals surface area contributed by atoms with Crippen molar-refractivity contribution in [3.63, 3.8) is 0 Å². The van der Waals surface area contributed by atoms with E-state index in [1.807, 2.05) is 12.1 Å². The van der Waals surface area contributed by atoms with E-state index in [0.717, 1.165) is 18.6 Å². The van der Waals surface area contributed by atoms with Crippen LogP contribution in [0, 0.1) is 6.07 Å². The lowest BCUT2D eigenvalue weighted by molar-refractivity contribution is 0.250. The van der Waals surface area contributed by atoms with Gasteiger partial charge in [0.15, 0.2) is 0 Å². The molecule has 0 aliphatic heterocycles. The highest BCUT2D eigenvalue weighted by Crippen LogP contribution is 2.39. The molecule has 113 valence electrons. The van der Waals surface area contributed by atoms with Gasteiger partial charge in [0.2, 0.25) is 0 Å². The average Bonchev–Trinajstić information content (AvgIpc) is 2.32. The molecule has 0 spiro atoms. The molecule has 0 atom stereocenters. The number of rotatable bonds is 5. The van der Waals surface area contributed by atoms with Crippen molar-refractivity contribution >= 4 is 0 Å². The predicted molar refractivity (Wildman–Crippen MR) is 84.5 cm³/mol. The van der Waals surface area contributed by atoms with Gasteiger partial charge in [-0.3, -0.25) is 0 Å². The van der Waals surface area contributed by atoms with Crippen molar-refractivity contribution in [2.45, 2.75) is 65.2 Å². The summed E-state index contributed by atoms with van der Waals surface area (Å²) in [5.74, 6) is 0.958. The summed E-state index contributed by atoms with van der Waals surface area (Å²) in [6.45, 7) is 14.2. The second-order valence-electron chi connectivity index (χ2n) is 7.37. The Morgan fingerprint density at radius 3 is 2.20 bits per heavy atom. The Bertz CT molecular complexity index is 422. The maximum absolute atomic E-state index is 8.84. The molecule has 1 N–H and O–H groups in total. The van der Waals surface area contributed by atoms with E-state index >= 15 is 0 Å². The van der Waals surface area contributed by atoms with Gasteiger partial charge in [-0.05, 0) is 41.4 Å².